The van der Waals surface area contributed by atoms with Crippen LogP contribution < -0.4 is 5.32 Å². The molecule has 1 amide bonds. The molecule has 1 heterocycles. The van der Waals surface area contributed by atoms with E-state index < -0.39 is 0 Å². The van der Waals surface area contributed by atoms with Gasteiger partial charge in [-0.25, -0.2) is 0 Å². The van der Waals surface area contributed by atoms with Crippen LogP contribution in [0.3, 0.4) is 0 Å². The van der Waals surface area contributed by atoms with Gasteiger partial charge in [0, 0.05) is 25.2 Å². The first-order valence-corrected chi connectivity index (χ1v) is 5.34. The van der Waals surface area contributed by atoms with Crippen molar-refractivity contribution < 1.29 is 4.79 Å². The van der Waals surface area contributed by atoms with Crippen LogP contribution in [-0.2, 0) is 4.79 Å². The molecule has 3 nitrogen and oxygen atoms in total. The molecule has 1 rings (SSSR count). The monoisotopic (exact) mass is 196 g/mol. The predicted molar refractivity (Wildman–Crippen MR) is 58.1 cm³/mol. The van der Waals surface area contributed by atoms with Crippen LogP contribution >= 0.6 is 0 Å². The van der Waals surface area contributed by atoms with Gasteiger partial charge in [0.25, 0.3) is 0 Å². The Morgan fingerprint density at radius 1 is 1.79 bits per heavy atom. The third-order valence-corrected chi connectivity index (χ3v) is 2.97. The Kier molecular flexibility index (Phi) is 4.14. The maximum atomic E-state index is 11.1. The van der Waals surface area contributed by atoms with Crippen LogP contribution in [0.4, 0.5) is 0 Å². The molecule has 1 aliphatic heterocycles. The summed E-state index contributed by atoms with van der Waals surface area (Å²) >= 11 is 0. The number of rotatable bonds is 4. The zero-order chi connectivity index (χ0) is 10.6. The van der Waals surface area contributed by atoms with Gasteiger partial charge in [0.2, 0.25) is 5.91 Å². The molecule has 0 aromatic heterocycles. The summed E-state index contributed by atoms with van der Waals surface area (Å²) in [6.45, 7) is 9.95. The molecule has 2 atom stereocenters. The number of nitrogens with one attached hydrogen (secondary N) is 1. The van der Waals surface area contributed by atoms with Gasteiger partial charge in [-0.05, 0) is 25.8 Å². The second-order valence-electron chi connectivity index (χ2n) is 3.95. The van der Waals surface area contributed by atoms with Gasteiger partial charge in [0.15, 0.2) is 0 Å². The summed E-state index contributed by atoms with van der Waals surface area (Å²) in [6.07, 6.45) is 3.57. The molecule has 0 bridgehead atoms. The molecule has 0 spiro atoms. The van der Waals surface area contributed by atoms with Gasteiger partial charge in [-0.3, -0.25) is 9.69 Å². The van der Waals surface area contributed by atoms with E-state index in [4.69, 9.17) is 0 Å². The van der Waals surface area contributed by atoms with Gasteiger partial charge in [0.1, 0.15) is 0 Å². The Morgan fingerprint density at radius 3 is 3.07 bits per heavy atom. The minimum absolute atomic E-state index is 0.0546. The first-order valence-electron chi connectivity index (χ1n) is 5.34. The quantitative estimate of drug-likeness (QED) is 0.684. The first-order chi connectivity index (χ1) is 6.67. The lowest BCUT2D eigenvalue weighted by molar-refractivity contribution is -0.117. The molecular formula is C11H20N2O. The van der Waals surface area contributed by atoms with Crippen molar-refractivity contribution in [2.45, 2.75) is 38.8 Å². The Bertz CT molecular complexity index is 215. The maximum Gasteiger partial charge on any atom is 0.243 e. The van der Waals surface area contributed by atoms with Gasteiger partial charge in [-0.15, -0.1) is 0 Å². The number of hydrogen-bond donors (Lipinski definition) is 1. The largest absolute Gasteiger partial charge is 0.349 e. The minimum atomic E-state index is -0.0546. The fourth-order valence-electron chi connectivity index (χ4n) is 1.82. The van der Waals surface area contributed by atoms with Crippen molar-refractivity contribution in [1.82, 2.24) is 10.2 Å². The summed E-state index contributed by atoms with van der Waals surface area (Å²) in [6, 6.07) is 0.940. The van der Waals surface area contributed by atoms with E-state index in [0.29, 0.717) is 12.1 Å². The number of carbonyl (C=O) groups is 1. The third-order valence-electron chi connectivity index (χ3n) is 2.97. The number of carbonyl (C=O) groups excluding carboxylic acids is 1. The van der Waals surface area contributed by atoms with Crippen LogP contribution in [0.25, 0.3) is 0 Å². The molecule has 0 aromatic carbocycles. The topological polar surface area (TPSA) is 32.3 Å². The van der Waals surface area contributed by atoms with Gasteiger partial charge < -0.3 is 5.32 Å². The van der Waals surface area contributed by atoms with Crippen LogP contribution in [0.2, 0.25) is 0 Å². The van der Waals surface area contributed by atoms with Crippen LogP contribution in [0.5, 0.6) is 0 Å². The van der Waals surface area contributed by atoms with Crippen molar-refractivity contribution in [1.29, 1.82) is 0 Å². The molecule has 1 fully saturated rings. The lowest BCUT2D eigenvalue weighted by atomic mass is 10.2. The summed E-state index contributed by atoms with van der Waals surface area (Å²) in [4.78, 5) is 13.5. The minimum Gasteiger partial charge on any atom is -0.349 e. The molecule has 1 saturated heterocycles. The van der Waals surface area contributed by atoms with Crippen molar-refractivity contribution in [3.8, 4) is 0 Å². The summed E-state index contributed by atoms with van der Waals surface area (Å²) < 4.78 is 0. The maximum absolute atomic E-state index is 11.1. The van der Waals surface area contributed by atoms with Gasteiger partial charge in [-0.1, -0.05) is 13.5 Å². The van der Waals surface area contributed by atoms with E-state index in [-0.39, 0.29) is 5.91 Å². The zero-order valence-electron chi connectivity index (χ0n) is 9.12. The van der Waals surface area contributed by atoms with Gasteiger partial charge in [-0.2, -0.15) is 0 Å². The number of likely N-dealkylation sites (tertiary alicyclic amines) is 1. The lowest BCUT2D eigenvalue weighted by Crippen LogP contribution is -2.38. The Morgan fingerprint density at radius 2 is 2.50 bits per heavy atom. The highest BCUT2D eigenvalue weighted by atomic mass is 16.1. The van der Waals surface area contributed by atoms with Gasteiger partial charge in [0.05, 0.1) is 0 Å². The molecule has 0 radical (unpaired) electrons. The SMILES string of the molecule is C=CC(=O)NC1CCN(C(C)CC)C1. The summed E-state index contributed by atoms with van der Waals surface area (Å²) in [7, 11) is 0. The second-order valence-corrected chi connectivity index (χ2v) is 3.95. The highest BCUT2D eigenvalue weighted by molar-refractivity contribution is 5.87. The molecule has 1 aliphatic rings. The molecule has 0 aliphatic carbocycles. The highest BCUT2D eigenvalue weighted by Crippen LogP contribution is 2.14. The number of amides is 1. The van der Waals surface area contributed by atoms with Crippen LogP contribution in [0, 0.1) is 0 Å². The van der Waals surface area contributed by atoms with Crippen molar-refractivity contribution in [3.63, 3.8) is 0 Å². The molecule has 2 unspecified atom stereocenters. The number of hydrogen-bond acceptors (Lipinski definition) is 2. The molecule has 0 saturated carbocycles. The zero-order valence-corrected chi connectivity index (χ0v) is 9.12. The van der Waals surface area contributed by atoms with Crippen LogP contribution in [0.15, 0.2) is 12.7 Å². The van der Waals surface area contributed by atoms with E-state index in [1.807, 2.05) is 0 Å². The summed E-state index contributed by atoms with van der Waals surface area (Å²) in [5.41, 5.74) is 0. The Hall–Kier alpha value is -0.830. The van der Waals surface area contributed by atoms with E-state index in [1.165, 1.54) is 12.5 Å². The second kappa shape index (κ2) is 5.15. The molecular weight excluding hydrogens is 176 g/mol. The van der Waals surface area contributed by atoms with Crippen molar-refractivity contribution in [2.75, 3.05) is 13.1 Å². The standard InChI is InChI=1S/C11H20N2O/c1-4-9(3)13-7-6-10(8-13)12-11(14)5-2/h5,9-10H,2,4,6-8H2,1,3H3,(H,12,14). The average molecular weight is 196 g/mol. The van der Waals surface area contributed by atoms with Crippen molar-refractivity contribution in [2.24, 2.45) is 0 Å². The van der Waals surface area contributed by atoms with Gasteiger partial charge >= 0.3 is 0 Å². The summed E-state index contributed by atoms with van der Waals surface area (Å²) in [5.74, 6) is -0.0546. The molecule has 3 heteroatoms. The fraction of sp³-hybridized carbons (Fsp3) is 0.727. The molecule has 1 N–H and O–H groups in total. The van der Waals surface area contributed by atoms with E-state index in [9.17, 15) is 4.79 Å². The van der Waals surface area contributed by atoms with E-state index in [0.717, 1.165) is 19.5 Å². The van der Waals surface area contributed by atoms with E-state index in [1.54, 1.807) is 0 Å². The smallest absolute Gasteiger partial charge is 0.243 e. The molecule has 14 heavy (non-hydrogen) atoms. The van der Waals surface area contributed by atoms with Crippen LogP contribution in [-0.4, -0.2) is 36.0 Å². The Labute approximate surface area is 86.2 Å². The first kappa shape index (κ1) is 11.2. The fourth-order valence-corrected chi connectivity index (χ4v) is 1.82. The highest BCUT2D eigenvalue weighted by Gasteiger charge is 2.25. The normalized spacial score (nSPS) is 24.6. The van der Waals surface area contributed by atoms with Crippen molar-refractivity contribution in [3.05, 3.63) is 12.7 Å². The lowest BCUT2D eigenvalue weighted by Gasteiger charge is -2.22. The summed E-state index contributed by atoms with van der Waals surface area (Å²) in [5, 5.41) is 2.94. The van der Waals surface area contributed by atoms with Crippen molar-refractivity contribution >= 4 is 5.91 Å². The predicted octanol–water partition coefficient (Wildman–Crippen LogP) is 1.16. The molecule has 80 valence electrons. The van der Waals surface area contributed by atoms with E-state index >= 15 is 0 Å². The third kappa shape index (κ3) is 2.84. The number of nitrogens with zero attached hydrogens (tertiary/aromatic N) is 1. The molecule has 0 aromatic rings. The average Bonchev–Trinajstić information content (AvgIpc) is 2.65. The Balaban J connectivity index is 2.33. The van der Waals surface area contributed by atoms with E-state index in [2.05, 4.69) is 30.6 Å². The van der Waals surface area contributed by atoms with Crippen LogP contribution in [0.1, 0.15) is 26.7 Å².